The molecule has 1 saturated heterocycles. The Morgan fingerprint density at radius 3 is 2.46 bits per heavy atom. The molecule has 0 spiro atoms. The zero-order valence-electron chi connectivity index (χ0n) is 13.8. The number of benzene rings is 2. The fourth-order valence-corrected chi connectivity index (χ4v) is 3.54. The second kappa shape index (κ2) is 6.65. The summed E-state index contributed by atoms with van der Waals surface area (Å²) < 4.78 is 5.39. The van der Waals surface area contributed by atoms with Crippen LogP contribution in [-0.4, -0.2) is 38.8 Å². The van der Waals surface area contributed by atoms with Crippen molar-refractivity contribution in [3.63, 3.8) is 0 Å². The number of anilines is 2. The summed E-state index contributed by atoms with van der Waals surface area (Å²) in [6.07, 6.45) is 2.07. The van der Waals surface area contributed by atoms with Crippen LogP contribution >= 0.6 is 0 Å². The van der Waals surface area contributed by atoms with Gasteiger partial charge in [-0.25, -0.2) is 0 Å². The number of aryl methyl sites for hydroxylation is 1. The lowest BCUT2D eigenvalue weighted by Gasteiger charge is -2.30. The fraction of sp³-hybridized carbons (Fsp3) is 0.350. The van der Waals surface area contributed by atoms with Crippen molar-refractivity contribution in [3.05, 3.63) is 59.7 Å². The van der Waals surface area contributed by atoms with E-state index in [2.05, 4.69) is 29.2 Å². The monoisotopic (exact) mass is 322 g/mol. The predicted octanol–water partition coefficient (Wildman–Crippen LogP) is 3.12. The van der Waals surface area contributed by atoms with Crippen LogP contribution in [0.15, 0.2) is 48.5 Å². The Bertz CT molecular complexity index is 721. The maximum Gasteiger partial charge on any atom is 0.258 e. The van der Waals surface area contributed by atoms with Crippen molar-refractivity contribution in [1.82, 2.24) is 0 Å². The van der Waals surface area contributed by atoms with Crippen LogP contribution in [0.2, 0.25) is 0 Å². The minimum atomic E-state index is 0.0932. The lowest BCUT2D eigenvalue weighted by Crippen LogP contribution is -2.36. The lowest BCUT2D eigenvalue weighted by atomic mass is 10.0. The first kappa shape index (κ1) is 15.2. The maximum absolute atomic E-state index is 12.9. The minimum absolute atomic E-state index is 0.0932. The van der Waals surface area contributed by atoms with Gasteiger partial charge in [-0.3, -0.25) is 4.79 Å². The highest BCUT2D eigenvalue weighted by atomic mass is 16.5. The second-order valence-electron chi connectivity index (χ2n) is 6.34. The Kier molecular flexibility index (Phi) is 4.22. The van der Waals surface area contributed by atoms with Gasteiger partial charge in [0.2, 0.25) is 0 Å². The van der Waals surface area contributed by atoms with E-state index in [1.165, 1.54) is 5.56 Å². The van der Waals surface area contributed by atoms with E-state index >= 15 is 0 Å². The van der Waals surface area contributed by atoms with Gasteiger partial charge < -0.3 is 14.5 Å². The molecule has 4 heteroatoms. The third-order valence-electron chi connectivity index (χ3n) is 4.85. The molecular formula is C20H22N2O2. The Labute approximate surface area is 142 Å². The van der Waals surface area contributed by atoms with Crippen LogP contribution in [-0.2, 0) is 11.2 Å². The van der Waals surface area contributed by atoms with E-state index in [-0.39, 0.29) is 5.91 Å². The predicted molar refractivity (Wildman–Crippen MR) is 95.9 cm³/mol. The molecule has 0 aliphatic carbocycles. The van der Waals surface area contributed by atoms with E-state index in [4.69, 9.17) is 4.74 Å². The number of hydrogen-bond acceptors (Lipinski definition) is 3. The number of amides is 1. The maximum atomic E-state index is 12.9. The molecule has 0 atom stereocenters. The number of rotatable bonds is 2. The Hall–Kier alpha value is -2.33. The Balaban J connectivity index is 1.55. The molecule has 2 aliphatic heterocycles. The number of carbonyl (C=O) groups excluding carboxylic acids is 1. The van der Waals surface area contributed by atoms with Gasteiger partial charge in [0.15, 0.2) is 0 Å². The highest BCUT2D eigenvalue weighted by Crippen LogP contribution is 2.28. The van der Waals surface area contributed by atoms with Gasteiger partial charge in [0.25, 0.3) is 5.91 Å². The van der Waals surface area contributed by atoms with Crippen LogP contribution in [0.4, 0.5) is 11.4 Å². The van der Waals surface area contributed by atoms with Gasteiger partial charge in [0, 0.05) is 36.6 Å². The van der Waals surface area contributed by atoms with Gasteiger partial charge in [-0.05, 0) is 48.7 Å². The summed E-state index contributed by atoms with van der Waals surface area (Å²) in [6, 6.07) is 16.2. The van der Waals surface area contributed by atoms with Crippen LogP contribution < -0.4 is 9.80 Å². The fourth-order valence-electron chi connectivity index (χ4n) is 3.54. The highest BCUT2D eigenvalue weighted by molar-refractivity contribution is 6.06. The average molecular weight is 322 g/mol. The third kappa shape index (κ3) is 2.89. The number of para-hydroxylation sites is 1. The van der Waals surface area contributed by atoms with E-state index in [0.29, 0.717) is 0 Å². The van der Waals surface area contributed by atoms with E-state index in [0.717, 1.165) is 62.6 Å². The normalized spacial score (nSPS) is 17.5. The quantitative estimate of drug-likeness (QED) is 0.852. The standard InChI is InChI=1S/C20H22N2O2/c23-20(22-11-3-5-16-4-1-2-6-19(16)22)17-7-9-18(10-8-17)21-12-14-24-15-13-21/h1-2,4,6-10H,3,5,11-15H2. The molecule has 1 fully saturated rings. The molecule has 0 N–H and O–H groups in total. The zero-order chi connectivity index (χ0) is 16.4. The van der Waals surface area contributed by atoms with Crippen LogP contribution in [0.3, 0.4) is 0 Å². The molecule has 2 aliphatic rings. The molecule has 0 saturated carbocycles. The molecule has 2 aromatic rings. The van der Waals surface area contributed by atoms with Gasteiger partial charge in [-0.1, -0.05) is 18.2 Å². The second-order valence-corrected chi connectivity index (χ2v) is 6.34. The van der Waals surface area contributed by atoms with Crippen molar-refractivity contribution in [2.75, 3.05) is 42.6 Å². The molecule has 124 valence electrons. The molecule has 0 unspecified atom stereocenters. The topological polar surface area (TPSA) is 32.8 Å². The van der Waals surface area contributed by atoms with E-state index < -0.39 is 0 Å². The van der Waals surface area contributed by atoms with Gasteiger partial charge in [-0.15, -0.1) is 0 Å². The van der Waals surface area contributed by atoms with E-state index in [1.54, 1.807) is 0 Å². The van der Waals surface area contributed by atoms with Gasteiger partial charge in [-0.2, -0.15) is 0 Å². The van der Waals surface area contributed by atoms with Crippen LogP contribution in [0, 0.1) is 0 Å². The lowest BCUT2D eigenvalue weighted by molar-refractivity contribution is 0.0985. The van der Waals surface area contributed by atoms with Crippen LogP contribution in [0.5, 0.6) is 0 Å². The largest absolute Gasteiger partial charge is 0.378 e. The van der Waals surface area contributed by atoms with Crippen molar-refractivity contribution in [2.45, 2.75) is 12.8 Å². The zero-order valence-corrected chi connectivity index (χ0v) is 13.8. The summed E-state index contributed by atoms with van der Waals surface area (Å²) in [4.78, 5) is 17.2. The molecule has 0 radical (unpaired) electrons. The number of nitrogens with zero attached hydrogens (tertiary/aromatic N) is 2. The van der Waals surface area contributed by atoms with Crippen LogP contribution in [0.1, 0.15) is 22.3 Å². The third-order valence-corrected chi connectivity index (χ3v) is 4.85. The van der Waals surface area contributed by atoms with Crippen molar-refractivity contribution in [2.24, 2.45) is 0 Å². The van der Waals surface area contributed by atoms with Gasteiger partial charge in [0.05, 0.1) is 13.2 Å². The SMILES string of the molecule is O=C(c1ccc(N2CCOCC2)cc1)N1CCCc2ccccc21. The number of morpholine rings is 1. The smallest absolute Gasteiger partial charge is 0.258 e. The van der Waals surface area contributed by atoms with Crippen LogP contribution in [0.25, 0.3) is 0 Å². The van der Waals surface area contributed by atoms with Crippen molar-refractivity contribution in [1.29, 1.82) is 0 Å². The molecule has 24 heavy (non-hydrogen) atoms. The molecule has 1 amide bonds. The Morgan fingerprint density at radius 2 is 1.67 bits per heavy atom. The first-order valence-corrected chi connectivity index (χ1v) is 8.65. The molecular weight excluding hydrogens is 300 g/mol. The first-order valence-electron chi connectivity index (χ1n) is 8.65. The number of hydrogen-bond donors (Lipinski definition) is 0. The number of carbonyl (C=O) groups is 1. The molecule has 0 aromatic heterocycles. The Morgan fingerprint density at radius 1 is 0.917 bits per heavy atom. The molecule has 4 rings (SSSR count). The van der Waals surface area contributed by atoms with Gasteiger partial charge >= 0.3 is 0 Å². The average Bonchev–Trinajstić information content (AvgIpc) is 2.68. The summed E-state index contributed by atoms with van der Waals surface area (Å²) in [5.74, 6) is 0.0932. The summed E-state index contributed by atoms with van der Waals surface area (Å²) >= 11 is 0. The van der Waals surface area contributed by atoms with Crippen molar-refractivity contribution in [3.8, 4) is 0 Å². The molecule has 0 bridgehead atoms. The van der Waals surface area contributed by atoms with Crippen molar-refractivity contribution >= 4 is 17.3 Å². The summed E-state index contributed by atoms with van der Waals surface area (Å²) in [7, 11) is 0. The minimum Gasteiger partial charge on any atom is -0.378 e. The first-order chi connectivity index (χ1) is 11.8. The molecule has 4 nitrogen and oxygen atoms in total. The summed E-state index contributed by atoms with van der Waals surface area (Å²) in [6.45, 7) is 4.15. The number of ether oxygens (including phenoxy) is 1. The van der Waals surface area contributed by atoms with E-state index in [1.807, 2.05) is 29.2 Å². The molecule has 2 heterocycles. The summed E-state index contributed by atoms with van der Waals surface area (Å²) in [5.41, 5.74) is 4.24. The summed E-state index contributed by atoms with van der Waals surface area (Å²) in [5, 5.41) is 0. The van der Waals surface area contributed by atoms with Crippen molar-refractivity contribution < 1.29 is 9.53 Å². The molecule has 2 aromatic carbocycles. The van der Waals surface area contributed by atoms with Gasteiger partial charge in [0.1, 0.15) is 0 Å². The number of fused-ring (bicyclic) bond motifs is 1. The van der Waals surface area contributed by atoms with E-state index in [9.17, 15) is 4.79 Å². The highest BCUT2D eigenvalue weighted by Gasteiger charge is 2.23.